The summed E-state index contributed by atoms with van der Waals surface area (Å²) in [5.74, 6) is 3.21. The lowest BCUT2D eigenvalue weighted by molar-refractivity contribution is -0.299. The zero-order valence-electron chi connectivity index (χ0n) is 22.9. The van der Waals surface area contributed by atoms with Crippen molar-refractivity contribution >= 4 is 5.97 Å². The lowest BCUT2D eigenvalue weighted by Crippen LogP contribution is -2.73. The standard InChI is InChI=1S/C31H45NO3/c1-17-9-12-31-14-13-30(7)24(23(31)18(17)2)20(35-26(31)34)15-22-28(5)16-19(32-8)25(33)27(3,4)21(28)10-11-29(22,30)6/h17-18,20-24,33H,9-16H2,1-7H3/t17-,18+,20-,21+,22-,23+,24-,28+,29-,30-,31+/m1/s1. The zero-order valence-corrected chi connectivity index (χ0v) is 22.9. The third-order valence-corrected chi connectivity index (χ3v) is 14.0. The Kier molecular flexibility index (Phi) is 4.69. The van der Waals surface area contributed by atoms with E-state index in [4.69, 9.17) is 11.3 Å². The van der Waals surface area contributed by atoms with Crippen molar-refractivity contribution in [3.05, 3.63) is 22.9 Å². The first-order chi connectivity index (χ1) is 16.3. The highest BCUT2D eigenvalue weighted by molar-refractivity contribution is 5.79. The van der Waals surface area contributed by atoms with Gasteiger partial charge in [-0.2, -0.15) is 0 Å². The molecule has 2 bridgehead atoms. The maximum atomic E-state index is 13.8. The lowest BCUT2D eigenvalue weighted by Gasteiger charge is -2.75. The Bertz CT molecular complexity index is 1050. The molecule has 0 amide bonds. The molecule has 0 aromatic heterocycles. The average Bonchev–Trinajstić information content (AvgIpc) is 2.80. The maximum absolute atomic E-state index is 13.8. The first-order valence-corrected chi connectivity index (χ1v) is 14.3. The van der Waals surface area contributed by atoms with Gasteiger partial charge >= 0.3 is 5.97 Å². The molecule has 0 aromatic carbocycles. The number of fused-ring (bicyclic) bond motifs is 4. The highest BCUT2D eigenvalue weighted by atomic mass is 16.5. The zero-order chi connectivity index (χ0) is 25.3. The van der Waals surface area contributed by atoms with Crippen LogP contribution >= 0.6 is 0 Å². The van der Waals surface area contributed by atoms with Crippen molar-refractivity contribution < 1.29 is 14.6 Å². The van der Waals surface area contributed by atoms with E-state index in [2.05, 4.69) is 53.3 Å². The first kappa shape index (κ1) is 23.9. The minimum absolute atomic E-state index is 0.00803. The van der Waals surface area contributed by atoms with Crippen molar-refractivity contribution in [1.29, 1.82) is 0 Å². The third-order valence-electron chi connectivity index (χ3n) is 14.0. The second-order valence-electron chi connectivity index (χ2n) is 15.1. The fraction of sp³-hybridized carbons (Fsp3) is 0.871. The molecular formula is C31H45NO3. The smallest absolute Gasteiger partial charge is 0.312 e. The van der Waals surface area contributed by atoms with Gasteiger partial charge in [-0.05, 0) is 97.2 Å². The van der Waals surface area contributed by atoms with Gasteiger partial charge < -0.3 is 9.84 Å². The summed E-state index contributed by atoms with van der Waals surface area (Å²) in [5.41, 5.74) is 0.0928. The van der Waals surface area contributed by atoms with E-state index in [0.717, 1.165) is 38.5 Å². The highest BCUT2D eigenvalue weighted by Gasteiger charge is 2.75. The van der Waals surface area contributed by atoms with Crippen molar-refractivity contribution in [2.24, 2.45) is 62.6 Å². The Morgan fingerprint density at radius 2 is 1.66 bits per heavy atom. The molecule has 0 aromatic rings. The minimum Gasteiger partial charge on any atom is -0.523 e. The van der Waals surface area contributed by atoms with Gasteiger partial charge in [-0.15, -0.1) is 0 Å². The molecule has 1 saturated heterocycles. The predicted molar refractivity (Wildman–Crippen MR) is 136 cm³/mol. The topological polar surface area (TPSA) is 50.9 Å². The number of nitrogens with zero attached hydrogens (tertiary/aromatic N) is 1. The van der Waals surface area contributed by atoms with E-state index in [1.807, 2.05) is 0 Å². The molecule has 5 fully saturated rings. The van der Waals surface area contributed by atoms with Crippen LogP contribution in [0.2, 0.25) is 0 Å². The first-order valence-electron chi connectivity index (χ1n) is 14.3. The van der Waals surface area contributed by atoms with E-state index in [1.165, 1.54) is 6.42 Å². The number of hydrogen-bond acceptors (Lipinski definition) is 3. The number of hydrogen-bond donors (Lipinski definition) is 1. The summed E-state index contributed by atoms with van der Waals surface area (Å²) in [5, 5.41) is 11.1. The number of esters is 1. The van der Waals surface area contributed by atoms with Crippen LogP contribution in [-0.2, 0) is 9.53 Å². The summed E-state index contributed by atoms with van der Waals surface area (Å²) in [6, 6.07) is 0. The molecule has 5 aliphatic carbocycles. The SMILES string of the molecule is [C-]#[N+]C1=C(O)C(C)(C)[C@@H]2CC[C@]3(C)[C@H](C[C@H]4OC(=O)[C@]56CC[C@@H](C)[C@H](C)[C@H]5[C@@H]4[C@@]3(C)CC6)[C@@]2(C)C1. The molecule has 1 aliphatic heterocycles. The summed E-state index contributed by atoms with van der Waals surface area (Å²) in [7, 11) is 0. The molecule has 1 heterocycles. The van der Waals surface area contributed by atoms with Crippen LogP contribution < -0.4 is 0 Å². The number of aliphatic hydroxyl groups is 1. The molecule has 1 N–H and O–H groups in total. The fourth-order valence-corrected chi connectivity index (χ4v) is 11.8. The normalized spacial score (nSPS) is 56.2. The summed E-state index contributed by atoms with van der Waals surface area (Å²) in [6.45, 7) is 24.5. The Morgan fingerprint density at radius 3 is 2.34 bits per heavy atom. The molecule has 4 nitrogen and oxygen atoms in total. The molecule has 0 radical (unpaired) electrons. The van der Waals surface area contributed by atoms with Crippen molar-refractivity contribution in [3.8, 4) is 0 Å². The van der Waals surface area contributed by atoms with Crippen LogP contribution in [0.1, 0.15) is 99.8 Å². The number of carbonyl (C=O) groups excluding carboxylic acids is 1. The van der Waals surface area contributed by atoms with Crippen LogP contribution in [-0.4, -0.2) is 17.2 Å². The van der Waals surface area contributed by atoms with Crippen LogP contribution in [0.3, 0.4) is 0 Å². The van der Waals surface area contributed by atoms with Gasteiger partial charge in [0.05, 0.1) is 12.0 Å². The van der Waals surface area contributed by atoms with Gasteiger partial charge in [-0.3, -0.25) is 4.79 Å². The second kappa shape index (κ2) is 6.87. The lowest BCUT2D eigenvalue weighted by atomic mass is 9.30. The molecule has 0 unspecified atom stereocenters. The Morgan fingerprint density at radius 1 is 0.943 bits per heavy atom. The van der Waals surface area contributed by atoms with Crippen LogP contribution in [0.15, 0.2) is 11.5 Å². The monoisotopic (exact) mass is 479 g/mol. The van der Waals surface area contributed by atoms with Gasteiger partial charge in [0.2, 0.25) is 5.70 Å². The van der Waals surface area contributed by atoms with Gasteiger partial charge in [0.1, 0.15) is 11.9 Å². The van der Waals surface area contributed by atoms with Crippen molar-refractivity contribution in [2.75, 3.05) is 0 Å². The van der Waals surface area contributed by atoms with Crippen LogP contribution in [0.4, 0.5) is 0 Å². The fourth-order valence-electron chi connectivity index (χ4n) is 11.8. The molecular weight excluding hydrogens is 434 g/mol. The van der Waals surface area contributed by atoms with Gasteiger partial charge in [0.15, 0.2) is 0 Å². The molecule has 4 heteroatoms. The Labute approximate surface area is 212 Å². The number of allylic oxidation sites excluding steroid dienone is 2. The molecule has 192 valence electrons. The summed E-state index contributed by atoms with van der Waals surface area (Å²) < 4.78 is 6.52. The molecule has 6 rings (SSSR count). The predicted octanol–water partition coefficient (Wildman–Crippen LogP) is 7.56. The number of rotatable bonds is 0. The van der Waals surface area contributed by atoms with Gasteiger partial charge in [0.25, 0.3) is 0 Å². The van der Waals surface area contributed by atoms with E-state index in [1.54, 1.807) is 0 Å². The summed E-state index contributed by atoms with van der Waals surface area (Å²) in [6.07, 6.45) is 8.08. The van der Waals surface area contributed by atoms with Gasteiger partial charge in [-0.25, -0.2) is 4.85 Å². The van der Waals surface area contributed by atoms with Crippen molar-refractivity contribution in [3.63, 3.8) is 0 Å². The van der Waals surface area contributed by atoms with Crippen molar-refractivity contribution in [2.45, 2.75) is 106 Å². The number of aliphatic hydroxyl groups excluding tert-OH is 1. The van der Waals surface area contributed by atoms with E-state index < -0.39 is 5.41 Å². The Balaban J connectivity index is 1.49. The van der Waals surface area contributed by atoms with Crippen molar-refractivity contribution in [1.82, 2.24) is 0 Å². The Hall–Kier alpha value is -1.50. The quantitative estimate of drug-likeness (QED) is 0.288. The van der Waals surface area contributed by atoms with E-state index in [0.29, 0.717) is 53.4 Å². The molecule has 6 aliphatic rings. The maximum Gasteiger partial charge on any atom is 0.312 e. The molecule has 4 saturated carbocycles. The van der Waals surface area contributed by atoms with E-state index in [9.17, 15) is 9.90 Å². The molecule has 11 atom stereocenters. The van der Waals surface area contributed by atoms with Gasteiger partial charge in [0, 0.05) is 11.3 Å². The molecule has 0 spiro atoms. The van der Waals surface area contributed by atoms with Crippen LogP contribution in [0.25, 0.3) is 4.85 Å². The second-order valence-corrected chi connectivity index (χ2v) is 15.1. The summed E-state index contributed by atoms with van der Waals surface area (Å²) >= 11 is 0. The summed E-state index contributed by atoms with van der Waals surface area (Å²) in [4.78, 5) is 17.6. The largest absolute Gasteiger partial charge is 0.523 e. The van der Waals surface area contributed by atoms with Crippen LogP contribution in [0, 0.1) is 69.2 Å². The average molecular weight is 480 g/mol. The van der Waals surface area contributed by atoms with Gasteiger partial charge in [-0.1, -0.05) is 48.5 Å². The van der Waals surface area contributed by atoms with E-state index >= 15 is 0 Å². The molecule has 35 heavy (non-hydrogen) atoms. The third kappa shape index (κ3) is 2.52. The highest BCUT2D eigenvalue weighted by Crippen LogP contribution is 2.78. The minimum atomic E-state index is -0.399. The van der Waals surface area contributed by atoms with Crippen LogP contribution in [0.5, 0.6) is 0 Å². The number of ether oxygens (including phenoxy) is 1. The van der Waals surface area contributed by atoms with E-state index in [-0.39, 0.29) is 33.7 Å². The number of carbonyl (C=O) groups is 1.